The molecule has 0 bridgehead atoms. The van der Waals surface area contributed by atoms with E-state index in [0.717, 1.165) is 15.8 Å². The van der Waals surface area contributed by atoms with Crippen LogP contribution in [0.4, 0.5) is 0 Å². The van der Waals surface area contributed by atoms with E-state index < -0.39 is 10.0 Å². The molecule has 0 aliphatic carbocycles. The van der Waals surface area contributed by atoms with Crippen LogP contribution in [0.3, 0.4) is 0 Å². The van der Waals surface area contributed by atoms with Gasteiger partial charge in [0.05, 0.1) is 6.61 Å². The first-order valence-electron chi connectivity index (χ1n) is 4.33. The molecule has 78 valence electrons. The third-order valence-corrected chi connectivity index (χ3v) is 5.10. The van der Waals surface area contributed by atoms with E-state index in [4.69, 9.17) is 4.84 Å². The lowest BCUT2D eigenvalue weighted by Crippen LogP contribution is -2.25. The predicted molar refractivity (Wildman–Crippen MR) is 53.5 cm³/mol. The van der Waals surface area contributed by atoms with Gasteiger partial charge in [0.1, 0.15) is 4.21 Å². The van der Waals surface area contributed by atoms with E-state index in [1.807, 2.05) is 6.92 Å². The van der Waals surface area contributed by atoms with Crippen LogP contribution < -0.4 is 0 Å². The highest BCUT2D eigenvalue weighted by molar-refractivity contribution is 7.91. The summed E-state index contributed by atoms with van der Waals surface area (Å²) in [6, 6.07) is 3.42. The monoisotopic (exact) mass is 233 g/mol. The largest absolute Gasteiger partial charge is 0.284 e. The molecule has 1 aromatic heterocycles. The molecule has 0 unspecified atom stereocenters. The molecule has 2 rings (SSSR count). The number of hydroxylamine groups is 1. The van der Waals surface area contributed by atoms with Crippen molar-refractivity contribution in [3.8, 4) is 0 Å². The van der Waals surface area contributed by atoms with Gasteiger partial charge in [-0.1, -0.05) is 4.47 Å². The van der Waals surface area contributed by atoms with Gasteiger partial charge in [-0.25, -0.2) is 8.42 Å². The predicted octanol–water partition coefficient (Wildman–Crippen LogP) is 1.38. The zero-order chi connectivity index (χ0) is 10.2. The van der Waals surface area contributed by atoms with Gasteiger partial charge in [0.15, 0.2) is 0 Å². The van der Waals surface area contributed by atoms with Gasteiger partial charge in [0, 0.05) is 11.4 Å². The number of hydrogen-bond acceptors (Lipinski definition) is 4. The maximum Gasteiger partial charge on any atom is 0.274 e. The summed E-state index contributed by atoms with van der Waals surface area (Å²) in [6.45, 7) is 2.83. The summed E-state index contributed by atoms with van der Waals surface area (Å²) in [5.74, 6) is 0. The number of hydrogen-bond donors (Lipinski definition) is 0. The fourth-order valence-corrected chi connectivity index (χ4v) is 3.94. The third-order valence-electron chi connectivity index (χ3n) is 1.96. The number of nitrogens with zero attached hydrogens (tertiary/aromatic N) is 1. The van der Waals surface area contributed by atoms with Gasteiger partial charge in [0.25, 0.3) is 10.0 Å². The Bertz CT molecular complexity index is 418. The lowest BCUT2D eigenvalue weighted by atomic mass is 10.5. The zero-order valence-corrected chi connectivity index (χ0v) is 9.40. The van der Waals surface area contributed by atoms with E-state index in [-0.39, 0.29) is 0 Å². The minimum atomic E-state index is -3.39. The van der Waals surface area contributed by atoms with Gasteiger partial charge < -0.3 is 0 Å². The van der Waals surface area contributed by atoms with Crippen molar-refractivity contribution in [2.75, 3.05) is 13.2 Å². The van der Waals surface area contributed by atoms with Crippen molar-refractivity contribution < 1.29 is 13.3 Å². The Morgan fingerprint density at radius 3 is 2.79 bits per heavy atom. The van der Waals surface area contributed by atoms with Gasteiger partial charge in [-0.15, -0.1) is 11.3 Å². The van der Waals surface area contributed by atoms with E-state index in [1.165, 1.54) is 11.3 Å². The fraction of sp³-hybridized carbons (Fsp3) is 0.500. The highest BCUT2D eigenvalue weighted by atomic mass is 32.2. The Morgan fingerprint density at radius 1 is 1.50 bits per heavy atom. The van der Waals surface area contributed by atoms with Crippen LogP contribution in [-0.4, -0.2) is 26.0 Å². The molecule has 1 aromatic rings. The second-order valence-electron chi connectivity index (χ2n) is 3.08. The average Bonchev–Trinajstić information content (AvgIpc) is 2.72. The second kappa shape index (κ2) is 3.62. The standard InChI is InChI=1S/C8H11NO3S2/c1-7-3-4-8(13-7)14(10,11)9-5-2-6-12-9/h3-4H,2,5-6H2,1H3. The van der Waals surface area contributed by atoms with Crippen molar-refractivity contribution in [3.05, 3.63) is 17.0 Å². The number of thiophene rings is 1. The Kier molecular flexibility index (Phi) is 2.61. The summed E-state index contributed by atoms with van der Waals surface area (Å²) in [5.41, 5.74) is 0. The molecule has 0 N–H and O–H groups in total. The van der Waals surface area contributed by atoms with Crippen molar-refractivity contribution in [1.29, 1.82) is 0 Å². The smallest absolute Gasteiger partial charge is 0.274 e. The van der Waals surface area contributed by atoms with Crippen LogP contribution in [0.2, 0.25) is 0 Å². The van der Waals surface area contributed by atoms with E-state index in [9.17, 15) is 8.42 Å². The molecule has 0 radical (unpaired) electrons. The fourth-order valence-electron chi connectivity index (χ4n) is 1.27. The molecule has 0 atom stereocenters. The minimum Gasteiger partial charge on any atom is -0.284 e. The van der Waals surface area contributed by atoms with E-state index in [2.05, 4.69) is 0 Å². The molecule has 0 amide bonds. The maximum absolute atomic E-state index is 11.9. The van der Waals surface area contributed by atoms with E-state index in [0.29, 0.717) is 17.4 Å². The second-order valence-corrected chi connectivity index (χ2v) is 6.43. The molecule has 1 aliphatic heterocycles. The SMILES string of the molecule is Cc1ccc(S(=O)(=O)N2CCCO2)s1. The maximum atomic E-state index is 11.9. The van der Waals surface area contributed by atoms with Crippen molar-refractivity contribution in [2.45, 2.75) is 17.6 Å². The highest BCUT2D eigenvalue weighted by Crippen LogP contribution is 2.26. The molecule has 4 nitrogen and oxygen atoms in total. The van der Waals surface area contributed by atoms with Crippen molar-refractivity contribution in [1.82, 2.24) is 4.47 Å². The van der Waals surface area contributed by atoms with Crippen LogP contribution in [0.25, 0.3) is 0 Å². The number of sulfonamides is 1. The molecule has 2 heterocycles. The topological polar surface area (TPSA) is 46.6 Å². The minimum absolute atomic E-state index is 0.358. The molecule has 0 spiro atoms. The Labute approximate surface area is 87.1 Å². The van der Waals surface area contributed by atoms with E-state index in [1.54, 1.807) is 12.1 Å². The average molecular weight is 233 g/mol. The molecular formula is C8H11NO3S2. The molecule has 0 saturated carbocycles. The molecule has 1 saturated heterocycles. The summed E-state index contributed by atoms with van der Waals surface area (Å²) >= 11 is 1.27. The lowest BCUT2D eigenvalue weighted by molar-refractivity contribution is -0.0282. The van der Waals surface area contributed by atoms with Crippen LogP contribution in [-0.2, 0) is 14.9 Å². The van der Waals surface area contributed by atoms with Crippen LogP contribution in [0.5, 0.6) is 0 Å². The van der Waals surface area contributed by atoms with E-state index >= 15 is 0 Å². The molecule has 6 heteroatoms. The number of rotatable bonds is 2. The first kappa shape index (κ1) is 10.1. The van der Waals surface area contributed by atoms with Crippen LogP contribution >= 0.6 is 11.3 Å². The molecule has 1 fully saturated rings. The van der Waals surface area contributed by atoms with Gasteiger partial charge >= 0.3 is 0 Å². The van der Waals surface area contributed by atoms with Gasteiger partial charge in [0.2, 0.25) is 0 Å². The molecule has 1 aliphatic rings. The molecule has 14 heavy (non-hydrogen) atoms. The summed E-state index contributed by atoms with van der Waals surface area (Å²) in [6.07, 6.45) is 0.767. The number of aryl methyl sites for hydroxylation is 1. The lowest BCUT2D eigenvalue weighted by Gasteiger charge is -2.11. The van der Waals surface area contributed by atoms with Crippen molar-refractivity contribution in [3.63, 3.8) is 0 Å². The van der Waals surface area contributed by atoms with Gasteiger partial charge in [-0.3, -0.25) is 4.84 Å². The summed E-state index contributed by atoms with van der Waals surface area (Å²) < 4.78 is 25.2. The summed E-state index contributed by atoms with van der Waals surface area (Å²) in [7, 11) is -3.39. The van der Waals surface area contributed by atoms with Crippen LogP contribution in [0.1, 0.15) is 11.3 Å². The third kappa shape index (κ3) is 1.70. The first-order chi connectivity index (χ1) is 6.60. The summed E-state index contributed by atoms with van der Waals surface area (Å²) in [4.78, 5) is 6.02. The summed E-state index contributed by atoms with van der Waals surface area (Å²) in [5, 5.41) is 0. The van der Waals surface area contributed by atoms with Crippen molar-refractivity contribution >= 4 is 21.4 Å². The normalized spacial score (nSPS) is 18.9. The van der Waals surface area contributed by atoms with Gasteiger partial charge in [-0.2, -0.15) is 0 Å². The Morgan fingerprint density at radius 2 is 2.29 bits per heavy atom. The first-order valence-corrected chi connectivity index (χ1v) is 6.58. The quantitative estimate of drug-likeness (QED) is 0.775. The molecular weight excluding hydrogens is 222 g/mol. The van der Waals surface area contributed by atoms with Crippen LogP contribution in [0, 0.1) is 6.92 Å². The Balaban J connectivity index is 2.32. The Hall–Kier alpha value is -0.430. The highest BCUT2D eigenvalue weighted by Gasteiger charge is 2.29. The van der Waals surface area contributed by atoms with Gasteiger partial charge in [-0.05, 0) is 25.5 Å². The molecule has 0 aromatic carbocycles. The zero-order valence-electron chi connectivity index (χ0n) is 7.76. The van der Waals surface area contributed by atoms with Crippen LogP contribution in [0.15, 0.2) is 16.3 Å². The van der Waals surface area contributed by atoms with Crippen molar-refractivity contribution in [2.24, 2.45) is 0 Å².